The molecule has 2 rings (SSSR count). The Labute approximate surface area is 134 Å². The van der Waals surface area contributed by atoms with Crippen molar-refractivity contribution in [2.24, 2.45) is 5.10 Å². The molecule has 1 aromatic carbocycles. The van der Waals surface area contributed by atoms with E-state index in [-0.39, 0.29) is 5.91 Å². The van der Waals surface area contributed by atoms with E-state index < -0.39 is 0 Å². The normalized spacial score (nSPS) is 17.4. The zero-order valence-electron chi connectivity index (χ0n) is 12.2. The van der Waals surface area contributed by atoms with Crippen LogP contribution in [0, 0.1) is 0 Å². The number of rotatable bonds is 4. The maximum atomic E-state index is 11.9. The summed E-state index contributed by atoms with van der Waals surface area (Å²) in [6.07, 6.45) is 7.93. The topological polar surface area (TPSA) is 44.7 Å². The molecule has 1 saturated heterocycles. The van der Waals surface area contributed by atoms with E-state index in [1.807, 2.05) is 24.3 Å². The van der Waals surface area contributed by atoms with Crippen LogP contribution in [-0.4, -0.2) is 36.7 Å². The fraction of sp³-hybridized carbons (Fsp3) is 0.500. The van der Waals surface area contributed by atoms with E-state index in [1.54, 1.807) is 6.21 Å². The molecule has 5 heteroatoms. The molecule has 1 heterocycles. The van der Waals surface area contributed by atoms with E-state index in [1.165, 1.54) is 32.1 Å². The number of likely N-dealkylation sites (tertiary alicyclic amines) is 1. The lowest BCUT2D eigenvalue weighted by Crippen LogP contribution is -2.37. The minimum Gasteiger partial charge on any atom is -0.294 e. The molecule has 4 nitrogen and oxygen atoms in total. The number of nitrogens with zero attached hydrogens (tertiary/aromatic N) is 2. The fourth-order valence-electron chi connectivity index (χ4n) is 2.48. The number of nitrogens with one attached hydrogen (secondary N) is 1. The molecule has 0 unspecified atom stereocenters. The van der Waals surface area contributed by atoms with Crippen LogP contribution in [0.4, 0.5) is 0 Å². The van der Waals surface area contributed by atoms with Crippen LogP contribution in [0.15, 0.2) is 33.8 Å². The van der Waals surface area contributed by atoms with E-state index in [2.05, 4.69) is 31.4 Å². The van der Waals surface area contributed by atoms with Gasteiger partial charge in [0.15, 0.2) is 0 Å². The van der Waals surface area contributed by atoms with Crippen LogP contribution in [0.2, 0.25) is 0 Å². The second kappa shape index (κ2) is 8.95. The zero-order chi connectivity index (χ0) is 14.9. The Bertz CT molecular complexity index is 482. The van der Waals surface area contributed by atoms with E-state index in [0.717, 1.165) is 23.1 Å². The van der Waals surface area contributed by atoms with E-state index >= 15 is 0 Å². The van der Waals surface area contributed by atoms with Gasteiger partial charge in [0.25, 0.3) is 5.91 Å². The first kappa shape index (κ1) is 16.2. The van der Waals surface area contributed by atoms with Crippen LogP contribution in [0.1, 0.15) is 37.7 Å². The average molecular weight is 352 g/mol. The minimum atomic E-state index is -0.0400. The molecule has 0 spiro atoms. The largest absolute Gasteiger partial charge is 0.294 e. The maximum absolute atomic E-state index is 11.9. The Balaban J connectivity index is 1.76. The number of hydrogen-bond acceptors (Lipinski definition) is 3. The van der Waals surface area contributed by atoms with Crippen LogP contribution >= 0.6 is 15.9 Å². The van der Waals surface area contributed by atoms with E-state index in [4.69, 9.17) is 0 Å². The molecule has 0 aliphatic carbocycles. The molecule has 0 saturated carbocycles. The van der Waals surface area contributed by atoms with Crippen molar-refractivity contribution in [1.82, 2.24) is 10.3 Å². The first-order valence-corrected chi connectivity index (χ1v) is 8.33. The van der Waals surface area contributed by atoms with Crippen molar-refractivity contribution in [3.63, 3.8) is 0 Å². The van der Waals surface area contributed by atoms with Crippen LogP contribution in [0.25, 0.3) is 0 Å². The van der Waals surface area contributed by atoms with Crippen molar-refractivity contribution in [3.05, 3.63) is 34.3 Å². The SMILES string of the molecule is O=C(CN1CCCCCCC1)NN=Cc1cccc(Br)c1. The maximum Gasteiger partial charge on any atom is 0.254 e. The van der Waals surface area contributed by atoms with Gasteiger partial charge < -0.3 is 0 Å². The molecule has 0 aromatic heterocycles. The van der Waals surface area contributed by atoms with Gasteiger partial charge in [-0.2, -0.15) is 5.10 Å². The van der Waals surface area contributed by atoms with Gasteiger partial charge in [-0.1, -0.05) is 47.3 Å². The van der Waals surface area contributed by atoms with Crippen molar-refractivity contribution in [3.8, 4) is 0 Å². The lowest BCUT2D eigenvalue weighted by atomic mass is 10.1. The Hall–Kier alpha value is -1.20. The van der Waals surface area contributed by atoms with Crippen LogP contribution in [-0.2, 0) is 4.79 Å². The fourth-order valence-corrected chi connectivity index (χ4v) is 2.89. The predicted octanol–water partition coefficient (Wildman–Crippen LogP) is 3.17. The third-order valence-corrected chi connectivity index (χ3v) is 4.06. The van der Waals surface area contributed by atoms with E-state index in [9.17, 15) is 4.79 Å². The second-order valence-corrected chi connectivity index (χ2v) is 6.31. The number of carbonyl (C=O) groups is 1. The summed E-state index contributed by atoms with van der Waals surface area (Å²) in [6.45, 7) is 2.47. The lowest BCUT2D eigenvalue weighted by molar-refractivity contribution is -0.122. The van der Waals surface area contributed by atoms with Gasteiger partial charge in [0, 0.05) is 4.47 Å². The summed E-state index contributed by atoms with van der Waals surface area (Å²) in [7, 11) is 0. The molecule has 1 N–H and O–H groups in total. The van der Waals surface area contributed by atoms with Crippen LogP contribution in [0.5, 0.6) is 0 Å². The highest BCUT2D eigenvalue weighted by Gasteiger charge is 2.11. The van der Waals surface area contributed by atoms with Gasteiger partial charge in [-0.05, 0) is 43.6 Å². The van der Waals surface area contributed by atoms with Gasteiger partial charge in [-0.3, -0.25) is 9.69 Å². The van der Waals surface area contributed by atoms with Crippen molar-refractivity contribution in [2.75, 3.05) is 19.6 Å². The summed E-state index contributed by atoms with van der Waals surface area (Å²) in [5, 5.41) is 4.02. The Morgan fingerprint density at radius 1 is 1.24 bits per heavy atom. The van der Waals surface area contributed by atoms with E-state index in [0.29, 0.717) is 6.54 Å². The van der Waals surface area contributed by atoms with Gasteiger partial charge in [0.2, 0.25) is 0 Å². The Morgan fingerprint density at radius 3 is 2.67 bits per heavy atom. The molecular formula is C16H22BrN3O. The Morgan fingerprint density at radius 2 is 1.95 bits per heavy atom. The van der Waals surface area contributed by atoms with Gasteiger partial charge in [0.05, 0.1) is 12.8 Å². The van der Waals surface area contributed by atoms with Gasteiger partial charge in [-0.15, -0.1) is 0 Å². The third kappa shape index (κ3) is 6.40. The van der Waals surface area contributed by atoms with Crippen LogP contribution < -0.4 is 5.43 Å². The predicted molar refractivity (Wildman–Crippen MR) is 89.4 cm³/mol. The molecule has 1 fully saturated rings. The van der Waals surface area contributed by atoms with Crippen molar-refractivity contribution >= 4 is 28.1 Å². The number of hydrazone groups is 1. The molecule has 0 radical (unpaired) electrons. The lowest BCUT2D eigenvalue weighted by Gasteiger charge is -2.23. The molecule has 1 aliphatic heterocycles. The molecule has 1 amide bonds. The summed E-state index contributed by atoms with van der Waals surface area (Å²) in [6, 6.07) is 7.79. The standard InChI is InChI=1S/C16H22BrN3O/c17-15-8-6-7-14(11-15)12-18-19-16(21)13-20-9-4-2-1-3-5-10-20/h6-8,11-12H,1-5,9-10,13H2,(H,19,21). The molecule has 1 aliphatic rings. The monoisotopic (exact) mass is 351 g/mol. The highest BCUT2D eigenvalue weighted by molar-refractivity contribution is 9.10. The van der Waals surface area contributed by atoms with Crippen molar-refractivity contribution in [2.45, 2.75) is 32.1 Å². The number of carbonyl (C=O) groups excluding carboxylic acids is 1. The molecule has 114 valence electrons. The molecular weight excluding hydrogens is 330 g/mol. The van der Waals surface area contributed by atoms with Crippen LogP contribution in [0.3, 0.4) is 0 Å². The van der Waals surface area contributed by atoms with Gasteiger partial charge in [0.1, 0.15) is 0 Å². The quantitative estimate of drug-likeness (QED) is 0.668. The molecule has 0 bridgehead atoms. The number of hydrogen-bond donors (Lipinski definition) is 1. The highest BCUT2D eigenvalue weighted by Crippen LogP contribution is 2.10. The third-order valence-electron chi connectivity index (χ3n) is 3.57. The summed E-state index contributed by atoms with van der Waals surface area (Å²) in [4.78, 5) is 14.1. The summed E-state index contributed by atoms with van der Waals surface area (Å²) >= 11 is 3.41. The first-order valence-electron chi connectivity index (χ1n) is 7.54. The highest BCUT2D eigenvalue weighted by atomic mass is 79.9. The zero-order valence-corrected chi connectivity index (χ0v) is 13.8. The molecule has 21 heavy (non-hydrogen) atoms. The smallest absolute Gasteiger partial charge is 0.254 e. The summed E-state index contributed by atoms with van der Waals surface area (Å²) in [5.41, 5.74) is 3.56. The molecule has 0 atom stereocenters. The number of benzene rings is 1. The number of halogens is 1. The van der Waals surface area contributed by atoms with Gasteiger partial charge >= 0.3 is 0 Å². The van der Waals surface area contributed by atoms with Crippen molar-refractivity contribution in [1.29, 1.82) is 0 Å². The number of amides is 1. The molecule has 1 aromatic rings. The summed E-state index contributed by atoms with van der Waals surface area (Å²) in [5.74, 6) is -0.0400. The minimum absolute atomic E-state index is 0.0400. The second-order valence-electron chi connectivity index (χ2n) is 5.39. The average Bonchev–Trinajstić information content (AvgIpc) is 2.42. The van der Waals surface area contributed by atoms with Crippen molar-refractivity contribution < 1.29 is 4.79 Å². The summed E-state index contributed by atoms with van der Waals surface area (Å²) < 4.78 is 0.999. The Kier molecular flexibility index (Phi) is 6.89. The first-order chi connectivity index (χ1) is 10.2. The van der Waals surface area contributed by atoms with Gasteiger partial charge in [-0.25, -0.2) is 5.43 Å².